The van der Waals surface area contributed by atoms with E-state index < -0.39 is 0 Å². The van der Waals surface area contributed by atoms with Gasteiger partial charge in [0, 0.05) is 36.2 Å². The van der Waals surface area contributed by atoms with Gasteiger partial charge >= 0.3 is 0 Å². The molecule has 3 aromatic rings. The van der Waals surface area contributed by atoms with Crippen molar-refractivity contribution in [3.63, 3.8) is 0 Å². The zero-order valence-electron chi connectivity index (χ0n) is 15.4. The number of carbonyl (C=O) groups is 1. The molecule has 5 heteroatoms. The quantitative estimate of drug-likeness (QED) is 0.758. The fourth-order valence-corrected chi connectivity index (χ4v) is 3.55. The van der Waals surface area contributed by atoms with Crippen LogP contribution >= 0.6 is 0 Å². The number of fused-ring (bicyclic) bond motifs is 1. The second-order valence-electron chi connectivity index (χ2n) is 6.88. The van der Waals surface area contributed by atoms with E-state index in [-0.39, 0.29) is 11.7 Å². The van der Waals surface area contributed by atoms with Crippen LogP contribution in [0.2, 0.25) is 0 Å². The number of hydrogen-bond acceptors (Lipinski definition) is 4. The fourth-order valence-electron chi connectivity index (χ4n) is 3.55. The third-order valence-corrected chi connectivity index (χ3v) is 4.98. The van der Waals surface area contributed by atoms with Gasteiger partial charge in [-0.2, -0.15) is 0 Å². The first-order valence-corrected chi connectivity index (χ1v) is 9.03. The van der Waals surface area contributed by atoms with Gasteiger partial charge in [0.2, 0.25) is 0 Å². The molecule has 27 heavy (non-hydrogen) atoms. The van der Waals surface area contributed by atoms with Crippen molar-refractivity contribution in [1.82, 2.24) is 14.9 Å². The van der Waals surface area contributed by atoms with Crippen molar-refractivity contribution in [3.05, 3.63) is 76.7 Å². The summed E-state index contributed by atoms with van der Waals surface area (Å²) in [6.45, 7) is 4.97. The highest BCUT2D eigenvalue weighted by molar-refractivity contribution is 5.95. The Bertz CT molecular complexity index is 1010. The van der Waals surface area contributed by atoms with E-state index in [1.807, 2.05) is 55.1 Å². The molecule has 0 saturated heterocycles. The summed E-state index contributed by atoms with van der Waals surface area (Å²) >= 11 is 0. The molecule has 0 bridgehead atoms. The molecule has 2 heterocycles. The number of aromatic nitrogens is 2. The highest BCUT2D eigenvalue weighted by Crippen LogP contribution is 2.30. The molecule has 1 aromatic heterocycles. The van der Waals surface area contributed by atoms with Crippen LogP contribution in [0.4, 0.5) is 0 Å². The lowest BCUT2D eigenvalue weighted by Crippen LogP contribution is -2.37. The van der Waals surface area contributed by atoms with Crippen LogP contribution < -0.4 is 0 Å². The van der Waals surface area contributed by atoms with Gasteiger partial charge < -0.3 is 10.0 Å². The first kappa shape index (κ1) is 17.2. The van der Waals surface area contributed by atoms with Gasteiger partial charge in [-0.15, -0.1) is 0 Å². The number of rotatable bonds is 2. The average Bonchev–Trinajstić information content (AvgIpc) is 2.67. The van der Waals surface area contributed by atoms with Crippen LogP contribution in [-0.2, 0) is 13.0 Å². The summed E-state index contributed by atoms with van der Waals surface area (Å²) in [7, 11) is 0. The van der Waals surface area contributed by atoms with E-state index in [0.29, 0.717) is 19.5 Å². The van der Waals surface area contributed by atoms with Gasteiger partial charge in [0.25, 0.3) is 5.91 Å². The van der Waals surface area contributed by atoms with E-state index in [0.717, 1.165) is 39.5 Å². The Kier molecular flexibility index (Phi) is 4.36. The molecular formula is C22H21N3O2. The standard InChI is InChI=1S/C22H21N3O2/c1-14-5-3-4-6-18(14)22(27)25-12-11-20-19(13-25)21(24-15(2)23-20)16-7-9-17(26)10-8-16/h3-10,26H,11-13H2,1-2H3. The second kappa shape index (κ2) is 6.83. The van der Waals surface area contributed by atoms with Crippen molar-refractivity contribution in [2.24, 2.45) is 0 Å². The van der Waals surface area contributed by atoms with Gasteiger partial charge in [0.15, 0.2) is 0 Å². The number of phenols is 1. The minimum atomic E-state index is 0.0379. The molecule has 4 rings (SSSR count). The number of amides is 1. The summed E-state index contributed by atoms with van der Waals surface area (Å²) in [6, 6.07) is 14.7. The summed E-state index contributed by atoms with van der Waals surface area (Å²) < 4.78 is 0. The largest absolute Gasteiger partial charge is 0.508 e. The summed E-state index contributed by atoms with van der Waals surface area (Å²) in [5.74, 6) is 0.973. The molecule has 1 amide bonds. The number of aromatic hydroxyl groups is 1. The van der Waals surface area contributed by atoms with E-state index in [1.54, 1.807) is 12.1 Å². The highest BCUT2D eigenvalue weighted by Gasteiger charge is 2.26. The fraction of sp³-hybridized carbons (Fsp3) is 0.227. The minimum absolute atomic E-state index is 0.0379. The number of hydrogen-bond donors (Lipinski definition) is 1. The molecular weight excluding hydrogens is 338 g/mol. The number of nitrogens with zero attached hydrogens (tertiary/aromatic N) is 3. The van der Waals surface area contributed by atoms with Gasteiger partial charge in [-0.1, -0.05) is 18.2 Å². The van der Waals surface area contributed by atoms with Crippen molar-refractivity contribution in [3.8, 4) is 17.0 Å². The Labute approximate surface area is 158 Å². The molecule has 0 spiro atoms. The van der Waals surface area contributed by atoms with Crippen LogP contribution in [-0.4, -0.2) is 32.4 Å². The van der Waals surface area contributed by atoms with Crippen LogP contribution in [0.3, 0.4) is 0 Å². The summed E-state index contributed by atoms with van der Waals surface area (Å²) in [4.78, 5) is 24.2. The third-order valence-electron chi connectivity index (χ3n) is 4.98. The molecule has 0 unspecified atom stereocenters. The van der Waals surface area contributed by atoms with Crippen LogP contribution in [0.25, 0.3) is 11.3 Å². The third kappa shape index (κ3) is 3.28. The van der Waals surface area contributed by atoms with Crippen LogP contribution in [0.15, 0.2) is 48.5 Å². The number of benzene rings is 2. The zero-order valence-corrected chi connectivity index (χ0v) is 15.4. The predicted octanol–water partition coefficient (Wildman–Crippen LogP) is 3.66. The number of carbonyl (C=O) groups excluding carboxylic acids is 1. The van der Waals surface area contributed by atoms with Crippen molar-refractivity contribution < 1.29 is 9.90 Å². The molecule has 1 aliphatic rings. The van der Waals surface area contributed by atoms with Crippen LogP contribution in [0, 0.1) is 13.8 Å². The predicted molar refractivity (Wildman–Crippen MR) is 103 cm³/mol. The van der Waals surface area contributed by atoms with Crippen molar-refractivity contribution >= 4 is 5.91 Å². The van der Waals surface area contributed by atoms with E-state index in [9.17, 15) is 9.90 Å². The summed E-state index contributed by atoms with van der Waals surface area (Å²) in [6.07, 6.45) is 0.710. The summed E-state index contributed by atoms with van der Waals surface area (Å²) in [5.41, 5.74) is 5.45. The smallest absolute Gasteiger partial charge is 0.254 e. The number of phenolic OH excluding ortho intramolecular Hbond substituents is 1. The molecule has 0 radical (unpaired) electrons. The molecule has 5 nitrogen and oxygen atoms in total. The SMILES string of the molecule is Cc1nc2c(c(-c3ccc(O)cc3)n1)CN(C(=O)c1ccccc1C)CC2. The maximum atomic E-state index is 13.0. The zero-order chi connectivity index (χ0) is 19.0. The Balaban J connectivity index is 1.72. The van der Waals surface area contributed by atoms with E-state index in [1.165, 1.54) is 0 Å². The molecule has 0 aliphatic carbocycles. The molecule has 0 saturated carbocycles. The monoisotopic (exact) mass is 359 g/mol. The average molecular weight is 359 g/mol. The second-order valence-corrected chi connectivity index (χ2v) is 6.88. The summed E-state index contributed by atoms with van der Waals surface area (Å²) in [5, 5.41) is 9.58. The van der Waals surface area contributed by atoms with Gasteiger partial charge in [-0.3, -0.25) is 4.79 Å². The van der Waals surface area contributed by atoms with Crippen molar-refractivity contribution in [2.45, 2.75) is 26.8 Å². The van der Waals surface area contributed by atoms with Crippen molar-refractivity contribution in [2.75, 3.05) is 6.54 Å². The Hall–Kier alpha value is -3.21. The van der Waals surface area contributed by atoms with E-state index in [2.05, 4.69) is 9.97 Å². The lowest BCUT2D eigenvalue weighted by Gasteiger charge is -2.30. The van der Waals surface area contributed by atoms with Gasteiger partial charge in [0.05, 0.1) is 11.4 Å². The minimum Gasteiger partial charge on any atom is -0.508 e. The van der Waals surface area contributed by atoms with Crippen LogP contribution in [0.1, 0.15) is 33.0 Å². The van der Waals surface area contributed by atoms with Gasteiger partial charge in [-0.05, 0) is 49.7 Å². The Morgan fingerprint density at radius 1 is 1.04 bits per heavy atom. The Morgan fingerprint density at radius 2 is 1.78 bits per heavy atom. The highest BCUT2D eigenvalue weighted by atomic mass is 16.3. The normalized spacial score (nSPS) is 13.3. The first-order chi connectivity index (χ1) is 13.0. The topological polar surface area (TPSA) is 66.3 Å². The van der Waals surface area contributed by atoms with Gasteiger partial charge in [0.1, 0.15) is 11.6 Å². The molecule has 2 aromatic carbocycles. The van der Waals surface area contributed by atoms with E-state index >= 15 is 0 Å². The number of aryl methyl sites for hydroxylation is 2. The van der Waals surface area contributed by atoms with E-state index in [4.69, 9.17) is 0 Å². The lowest BCUT2D eigenvalue weighted by molar-refractivity contribution is 0.0733. The van der Waals surface area contributed by atoms with Gasteiger partial charge in [-0.25, -0.2) is 9.97 Å². The van der Waals surface area contributed by atoms with Crippen LogP contribution in [0.5, 0.6) is 5.75 Å². The molecule has 0 atom stereocenters. The lowest BCUT2D eigenvalue weighted by atomic mass is 9.98. The molecule has 1 aliphatic heterocycles. The van der Waals surface area contributed by atoms with Crippen molar-refractivity contribution in [1.29, 1.82) is 0 Å². The maximum absolute atomic E-state index is 13.0. The molecule has 0 fully saturated rings. The Morgan fingerprint density at radius 3 is 2.52 bits per heavy atom. The molecule has 1 N–H and O–H groups in total. The first-order valence-electron chi connectivity index (χ1n) is 9.03. The maximum Gasteiger partial charge on any atom is 0.254 e. The molecule has 136 valence electrons.